The predicted molar refractivity (Wildman–Crippen MR) is 90.8 cm³/mol. The summed E-state index contributed by atoms with van der Waals surface area (Å²) in [7, 11) is -3.83. The summed E-state index contributed by atoms with van der Waals surface area (Å²) >= 11 is 0. The highest BCUT2D eigenvalue weighted by atomic mass is 32.2. The summed E-state index contributed by atoms with van der Waals surface area (Å²) in [4.78, 5) is 14.8. The fraction of sp³-hybridized carbons (Fsp3) is 0.588. The van der Waals surface area contributed by atoms with Crippen molar-refractivity contribution in [2.75, 3.05) is 13.1 Å². The van der Waals surface area contributed by atoms with Gasteiger partial charge in [0, 0.05) is 18.7 Å². The highest BCUT2D eigenvalue weighted by Crippen LogP contribution is 2.25. The van der Waals surface area contributed by atoms with Crippen molar-refractivity contribution >= 4 is 15.9 Å². The molecule has 2 N–H and O–H groups in total. The normalized spacial score (nSPS) is 22.7. The van der Waals surface area contributed by atoms with E-state index in [0.29, 0.717) is 30.5 Å². The molecule has 1 fully saturated rings. The van der Waals surface area contributed by atoms with Crippen molar-refractivity contribution in [3.8, 4) is 0 Å². The van der Waals surface area contributed by atoms with Crippen LogP contribution in [0, 0.1) is 25.7 Å². The number of carbonyl (C=O) groups is 1. The summed E-state index contributed by atoms with van der Waals surface area (Å²) in [5.41, 5.74) is 2.01. The molecule has 0 radical (unpaired) electrons. The van der Waals surface area contributed by atoms with Gasteiger partial charge in [-0.2, -0.15) is 0 Å². The fourth-order valence-corrected chi connectivity index (χ4v) is 3.91. The Bertz CT molecular complexity index is 713. The highest BCUT2D eigenvalue weighted by molar-refractivity contribution is 7.89. The van der Waals surface area contributed by atoms with E-state index >= 15 is 0 Å². The van der Waals surface area contributed by atoms with Crippen LogP contribution in [0.15, 0.2) is 17.0 Å². The van der Waals surface area contributed by atoms with Crippen LogP contribution >= 0.6 is 0 Å². The Morgan fingerprint density at radius 2 is 1.87 bits per heavy atom. The molecule has 0 aliphatic carbocycles. The van der Waals surface area contributed by atoms with Crippen LogP contribution in [-0.2, 0) is 10.0 Å². The van der Waals surface area contributed by atoms with E-state index in [1.54, 1.807) is 6.92 Å². The summed E-state index contributed by atoms with van der Waals surface area (Å²) in [5.74, 6) is 0.942. The van der Waals surface area contributed by atoms with Gasteiger partial charge in [0.2, 0.25) is 10.0 Å². The zero-order chi connectivity index (χ0) is 17.4. The standard InChI is InChI=1S/C17H26N2O3S/c1-11-5-6-19(10-12(2)7-11)17(20)16-9-15(23(18,21)22)8-13(3)14(16)4/h8-9,11-12H,5-7,10H2,1-4H3,(H2,18,21,22)/t11-,12+/m1/s1. The van der Waals surface area contributed by atoms with Crippen LogP contribution in [0.3, 0.4) is 0 Å². The number of carbonyl (C=O) groups excluding carboxylic acids is 1. The Morgan fingerprint density at radius 3 is 2.48 bits per heavy atom. The lowest BCUT2D eigenvalue weighted by molar-refractivity contribution is 0.0743. The van der Waals surface area contributed by atoms with E-state index in [1.165, 1.54) is 12.1 Å². The number of aryl methyl sites for hydroxylation is 1. The number of nitrogens with zero attached hydrogens (tertiary/aromatic N) is 1. The molecule has 0 unspecified atom stereocenters. The zero-order valence-electron chi connectivity index (χ0n) is 14.3. The fourth-order valence-electron chi connectivity index (χ4n) is 3.29. The maximum Gasteiger partial charge on any atom is 0.254 e. The number of sulfonamides is 1. The van der Waals surface area contributed by atoms with Gasteiger partial charge in [-0.1, -0.05) is 13.8 Å². The minimum atomic E-state index is -3.83. The minimum Gasteiger partial charge on any atom is -0.338 e. The largest absolute Gasteiger partial charge is 0.338 e. The first-order valence-corrected chi connectivity index (χ1v) is 9.57. The Kier molecular flexibility index (Phi) is 5.16. The molecule has 1 aliphatic rings. The van der Waals surface area contributed by atoms with Gasteiger partial charge in [-0.25, -0.2) is 13.6 Å². The summed E-state index contributed by atoms with van der Waals surface area (Å²) < 4.78 is 23.3. The van der Waals surface area contributed by atoms with E-state index in [4.69, 9.17) is 5.14 Å². The lowest BCUT2D eigenvalue weighted by atomic mass is 9.97. The molecule has 0 bridgehead atoms. The van der Waals surface area contributed by atoms with Crippen molar-refractivity contribution in [3.05, 3.63) is 28.8 Å². The molecule has 128 valence electrons. The van der Waals surface area contributed by atoms with Gasteiger partial charge >= 0.3 is 0 Å². The quantitative estimate of drug-likeness (QED) is 0.899. The average molecular weight is 338 g/mol. The number of nitrogens with two attached hydrogens (primary N) is 1. The van der Waals surface area contributed by atoms with Crippen LogP contribution in [0.2, 0.25) is 0 Å². The Morgan fingerprint density at radius 1 is 1.22 bits per heavy atom. The van der Waals surface area contributed by atoms with Gasteiger partial charge in [-0.3, -0.25) is 4.79 Å². The van der Waals surface area contributed by atoms with E-state index in [-0.39, 0.29) is 10.8 Å². The second kappa shape index (κ2) is 6.61. The zero-order valence-corrected chi connectivity index (χ0v) is 15.1. The van der Waals surface area contributed by atoms with Gasteiger partial charge in [-0.15, -0.1) is 0 Å². The molecule has 23 heavy (non-hydrogen) atoms. The molecule has 2 rings (SSSR count). The Labute approximate surface area is 138 Å². The molecule has 0 aromatic heterocycles. The van der Waals surface area contributed by atoms with E-state index in [0.717, 1.165) is 24.0 Å². The molecule has 1 aromatic carbocycles. The topological polar surface area (TPSA) is 80.5 Å². The number of amides is 1. The molecule has 1 saturated heterocycles. The molecular formula is C17H26N2O3S. The summed E-state index contributed by atoms with van der Waals surface area (Å²) in [6.45, 7) is 9.43. The van der Waals surface area contributed by atoms with Crippen molar-refractivity contribution in [3.63, 3.8) is 0 Å². The summed E-state index contributed by atoms with van der Waals surface area (Å²) in [5, 5.41) is 5.24. The highest BCUT2D eigenvalue weighted by Gasteiger charge is 2.26. The van der Waals surface area contributed by atoms with E-state index in [1.807, 2.05) is 11.8 Å². The van der Waals surface area contributed by atoms with E-state index in [2.05, 4.69) is 13.8 Å². The predicted octanol–water partition coefficient (Wildman–Crippen LogP) is 2.46. The molecule has 0 spiro atoms. The monoisotopic (exact) mass is 338 g/mol. The maximum atomic E-state index is 12.9. The first-order valence-electron chi connectivity index (χ1n) is 8.03. The Hall–Kier alpha value is -1.40. The van der Waals surface area contributed by atoms with Gasteiger partial charge in [0.25, 0.3) is 5.91 Å². The molecule has 1 heterocycles. The second-order valence-electron chi connectivity index (χ2n) is 6.94. The van der Waals surface area contributed by atoms with Crippen LogP contribution < -0.4 is 5.14 Å². The number of likely N-dealkylation sites (tertiary alicyclic amines) is 1. The van der Waals surface area contributed by atoms with E-state index in [9.17, 15) is 13.2 Å². The summed E-state index contributed by atoms with van der Waals surface area (Å²) in [6, 6.07) is 2.94. The van der Waals surface area contributed by atoms with Crippen molar-refractivity contribution in [1.29, 1.82) is 0 Å². The van der Waals surface area contributed by atoms with Gasteiger partial charge in [0.05, 0.1) is 4.90 Å². The number of hydrogen-bond donors (Lipinski definition) is 1. The van der Waals surface area contributed by atoms with Crippen LogP contribution in [-0.4, -0.2) is 32.3 Å². The molecule has 5 nitrogen and oxygen atoms in total. The van der Waals surface area contributed by atoms with Crippen LogP contribution in [0.1, 0.15) is 48.2 Å². The molecule has 1 aromatic rings. The van der Waals surface area contributed by atoms with Crippen LogP contribution in [0.25, 0.3) is 0 Å². The molecule has 1 amide bonds. The molecule has 0 saturated carbocycles. The van der Waals surface area contributed by atoms with Crippen molar-refractivity contribution in [2.45, 2.75) is 45.4 Å². The van der Waals surface area contributed by atoms with Crippen molar-refractivity contribution in [1.82, 2.24) is 4.90 Å². The molecule has 1 aliphatic heterocycles. The van der Waals surface area contributed by atoms with Crippen molar-refractivity contribution in [2.24, 2.45) is 17.0 Å². The van der Waals surface area contributed by atoms with Crippen LogP contribution in [0.5, 0.6) is 0 Å². The van der Waals surface area contributed by atoms with Gasteiger partial charge in [-0.05, 0) is 61.8 Å². The third kappa shape index (κ3) is 4.12. The van der Waals surface area contributed by atoms with Crippen LogP contribution in [0.4, 0.5) is 0 Å². The molecule has 6 heteroatoms. The van der Waals surface area contributed by atoms with Gasteiger partial charge < -0.3 is 4.90 Å². The third-order valence-electron chi connectivity index (χ3n) is 4.72. The first kappa shape index (κ1) is 17.9. The first-order chi connectivity index (χ1) is 10.6. The Balaban J connectivity index is 2.40. The average Bonchev–Trinajstić information content (AvgIpc) is 2.60. The number of rotatable bonds is 2. The summed E-state index contributed by atoms with van der Waals surface area (Å²) in [6.07, 6.45) is 2.09. The lowest BCUT2D eigenvalue weighted by Crippen LogP contribution is -2.34. The van der Waals surface area contributed by atoms with Crippen molar-refractivity contribution < 1.29 is 13.2 Å². The SMILES string of the molecule is Cc1cc(S(N)(=O)=O)cc(C(=O)N2CC[C@@H](C)C[C@H](C)C2)c1C. The third-order valence-corrected chi connectivity index (χ3v) is 5.61. The number of primary sulfonamides is 1. The minimum absolute atomic E-state index is 0.000175. The molecular weight excluding hydrogens is 312 g/mol. The smallest absolute Gasteiger partial charge is 0.254 e. The number of benzene rings is 1. The maximum absolute atomic E-state index is 12.9. The van der Waals surface area contributed by atoms with Gasteiger partial charge in [0.1, 0.15) is 0 Å². The van der Waals surface area contributed by atoms with E-state index < -0.39 is 10.0 Å². The lowest BCUT2D eigenvalue weighted by Gasteiger charge is -2.24. The van der Waals surface area contributed by atoms with Gasteiger partial charge in [0.15, 0.2) is 0 Å². The number of hydrogen-bond acceptors (Lipinski definition) is 3. The molecule has 2 atom stereocenters. The second-order valence-corrected chi connectivity index (χ2v) is 8.51.